The van der Waals surface area contributed by atoms with Crippen molar-refractivity contribution in [3.8, 4) is 0 Å². The Morgan fingerprint density at radius 2 is 2.15 bits per heavy atom. The molecule has 4 rings (SSSR count). The summed E-state index contributed by atoms with van der Waals surface area (Å²) in [5, 5.41) is 5.93. The van der Waals surface area contributed by atoms with Crippen molar-refractivity contribution in [1.29, 1.82) is 0 Å². The lowest BCUT2D eigenvalue weighted by Crippen LogP contribution is -2.39. The lowest BCUT2D eigenvalue weighted by molar-refractivity contribution is 0.273. The summed E-state index contributed by atoms with van der Waals surface area (Å²) in [6.07, 6.45) is 1.09. The van der Waals surface area contributed by atoms with Crippen molar-refractivity contribution in [1.82, 2.24) is 15.3 Å². The molecule has 4 heteroatoms. The third-order valence-electron chi connectivity index (χ3n) is 4.69. The van der Waals surface area contributed by atoms with E-state index in [9.17, 15) is 0 Å². The molecule has 1 aromatic heterocycles. The molecule has 3 heterocycles. The summed E-state index contributed by atoms with van der Waals surface area (Å²) in [7, 11) is 2.20. The Hall–Kier alpha value is -1.81. The van der Waals surface area contributed by atoms with Crippen LogP contribution in [0, 0.1) is 12.8 Å². The highest BCUT2D eigenvalue weighted by molar-refractivity contribution is 5.92. The molecule has 2 N–H and O–H groups in total. The van der Waals surface area contributed by atoms with Gasteiger partial charge in [0.15, 0.2) is 0 Å². The van der Waals surface area contributed by atoms with E-state index in [0.29, 0.717) is 12.0 Å². The zero-order valence-corrected chi connectivity index (χ0v) is 12.0. The first-order valence-corrected chi connectivity index (χ1v) is 7.32. The number of aromatic amines is 1. The highest BCUT2D eigenvalue weighted by atomic mass is 15.4. The van der Waals surface area contributed by atoms with Crippen molar-refractivity contribution in [2.75, 3.05) is 20.1 Å². The van der Waals surface area contributed by atoms with Gasteiger partial charge in [0.2, 0.25) is 0 Å². The number of hydrazone groups is 1. The Bertz CT molecular complexity index is 685. The summed E-state index contributed by atoms with van der Waals surface area (Å²) < 4.78 is 0. The van der Waals surface area contributed by atoms with Gasteiger partial charge in [0.1, 0.15) is 0 Å². The lowest BCUT2D eigenvalue weighted by Gasteiger charge is -2.31. The first kappa shape index (κ1) is 12.0. The molecule has 0 radical (unpaired) electrons. The molecular weight excluding hydrogens is 248 g/mol. The molecule has 104 valence electrons. The largest absolute Gasteiger partial charge is 0.358 e. The fraction of sp³-hybridized carbons (Fsp3) is 0.438. The summed E-state index contributed by atoms with van der Waals surface area (Å²) in [5.41, 5.74) is 8.61. The van der Waals surface area contributed by atoms with Gasteiger partial charge < -0.3 is 15.3 Å². The second-order valence-electron chi connectivity index (χ2n) is 6.04. The van der Waals surface area contributed by atoms with Crippen LogP contribution >= 0.6 is 0 Å². The van der Waals surface area contributed by atoms with Crippen molar-refractivity contribution in [2.24, 2.45) is 11.0 Å². The zero-order valence-electron chi connectivity index (χ0n) is 12.0. The van der Waals surface area contributed by atoms with Crippen LogP contribution in [0.5, 0.6) is 0 Å². The van der Waals surface area contributed by atoms with Crippen molar-refractivity contribution in [3.05, 3.63) is 35.5 Å². The number of rotatable bonds is 1. The molecule has 1 saturated heterocycles. The minimum atomic E-state index is 0.309. The lowest BCUT2D eigenvalue weighted by atomic mass is 9.85. The van der Waals surface area contributed by atoms with E-state index in [1.54, 1.807) is 0 Å². The Kier molecular flexibility index (Phi) is 2.60. The number of para-hydroxylation sites is 1. The average Bonchev–Trinajstić information content (AvgIpc) is 2.98. The fourth-order valence-electron chi connectivity index (χ4n) is 3.67. The van der Waals surface area contributed by atoms with Crippen LogP contribution in [0.1, 0.15) is 23.7 Å². The summed E-state index contributed by atoms with van der Waals surface area (Å²) >= 11 is 0. The molecule has 2 aliphatic heterocycles. The molecule has 0 bridgehead atoms. The number of likely N-dealkylation sites (tertiary alicyclic amines) is 1. The number of hydrogen-bond acceptors (Lipinski definition) is 3. The van der Waals surface area contributed by atoms with Crippen LogP contribution in [0.15, 0.2) is 29.4 Å². The maximum atomic E-state index is 4.60. The smallest absolute Gasteiger partial charge is 0.0806 e. The minimum absolute atomic E-state index is 0.309. The number of H-pyrrole nitrogens is 1. The van der Waals surface area contributed by atoms with E-state index in [1.165, 1.54) is 27.9 Å². The van der Waals surface area contributed by atoms with E-state index in [1.807, 2.05) is 0 Å². The first-order valence-electron chi connectivity index (χ1n) is 7.32. The molecule has 1 aromatic carbocycles. The standard InChI is InChI=1S/C16H20N4/c1-10-15(11-5-3-4-6-13(11)17-10)16-12-9-20(2)8-7-14(12)18-19-16/h3-6,12,16-17,19H,7-9H2,1-2H3. The Morgan fingerprint density at radius 3 is 3.05 bits per heavy atom. The Labute approximate surface area is 118 Å². The van der Waals surface area contributed by atoms with Gasteiger partial charge in [-0.15, -0.1) is 0 Å². The molecule has 0 aliphatic carbocycles. The van der Waals surface area contributed by atoms with Gasteiger partial charge >= 0.3 is 0 Å². The van der Waals surface area contributed by atoms with Crippen LogP contribution in [0.25, 0.3) is 10.9 Å². The number of piperidine rings is 1. The van der Waals surface area contributed by atoms with Crippen molar-refractivity contribution in [3.63, 3.8) is 0 Å². The maximum Gasteiger partial charge on any atom is 0.0806 e. The van der Waals surface area contributed by atoms with Crippen molar-refractivity contribution in [2.45, 2.75) is 19.4 Å². The summed E-state index contributed by atoms with van der Waals surface area (Å²) in [6.45, 7) is 4.38. The number of benzene rings is 1. The molecule has 2 aromatic rings. The molecule has 1 fully saturated rings. The molecule has 0 saturated carbocycles. The van der Waals surface area contributed by atoms with Crippen LogP contribution in [-0.4, -0.2) is 35.7 Å². The second kappa shape index (κ2) is 4.35. The van der Waals surface area contributed by atoms with Gasteiger partial charge in [0, 0.05) is 53.3 Å². The topological polar surface area (TPSA) is 43.4 Å². The monoisotopic (exact) mass is 268 g/mol. The van der Waals surface area contributed by atoms with Crippen LogP contribution in [0.3, 0.4) is 0 Å². The highest BCUT2D eigenvalue weighted by Gasteiger charge is 2.37. The van der Waals surface area contributed by atoms with E-state index < -0.39 is 0 Å². The Balaban J connectivity index is 1.78. The molecule has 2 unspecified atom stereocenters. The van der Waals surface area contributed by atoms with Crippen LogP contribution in [-0.2, 0) is 0 Å². The molecule has 20 heavy (non-hydrogen) atoms. The van der Waals surface area contributed by atoms with E-state index in [-0.39, 0.29) is 0 Å². The molecule has 4 nitrogen and oxygen atoms in total. The predicted octanol–water partition coefficient (Wildman–Crippen LogP) is 2.43. The van der Waals surface area contributed by atoms with Crippen molar-refractivity contribution >= 4 is 16.6 Å². The summed E-state index contributed by atoms with van der Waals surface area (Å²) in [5.74, 6) is 0.506. The molecule has 0 amide bonds. The van der Waals surface area contributed by atoms with E-state index in [4.69, 9.17) is 0 Å². The van der Waals surface area contributed by atoms with Gasteiger partial charge in [0.25, 0.3) is 0 Å². The van der Waals surface area contributed by atoms with Gasteiger partial charge in [-0.3, -0.25) is 0 Å². The fourth-order valence-corrected chi connectivity index (χ4v) is 3.67. The predicted molar refractivity (Wildman–Crippen MR) is 82.0 cm³/mol. The second-order valence-corrected chi connectivity index (χ2v) is 6.04. The number of aromatic nitrogens is 1. The maximum absolute atomic E-state index is 4.60. The van der Waals surface area contributed by atoms with E-state index in [0.717, 1.165) is 19.5 Å². The van der Waals surface area contributed by atoms with Gasteiger partial charge in [-0.2, -0.15) is 5.10 Å². The SMILES string of the molecule is Cc1[nH]c2ccccc2c1C1NN=C2CCN(C)CC21. The summed E-state index contributed by atoms with van der Waals surface area (Å²) in [6, 6.07) is 8.86. The zero-order chi connectivity index (χ0) is 13.7. The molecule has 2 atom stereocenters. The van der Waals surface area contributed by atoms with Gasteiger partial charge in [-0.05, 0) is 20.0 Å². The van der Waals surface area contributed by atoms with E-state index in [2.05, 4.69) is 58.6 Å². The first-order chi connectivity index (χ1) is 9.74. The normalized spacial score (nSPS) is 26.4. The third kappa shape index (κ3) is 1.68. The highest BCUT2D eigenvalue weighted by Crippen LogP contribution is 2.37. The van der Waals surface area contributed by atoms with Gasteiger partial charge in [-0.1, -0.05) is 18.2 Å². The van der Waals surface area contributed by atoms with Crippen LogP contribution in [0.4, 0.5) is 0 Å². The van der Waals surface area contributed by atoms with Crippen LogP contribution < -0.4 is 5.43 Å². The van der Waals surface area contributed by atoms with Gasteiger partial charge in [-0.25, -0.2) is 0 Å². The molecular formula is C16H20N4. The average molecular weight is 268 g/mol. The third-order valence-corrected chi connectivity index (χ3v) is 4.69. The molecule has 2 aliphatic rings. The quantitative estimate of drug-likeness (QED) is 0.834. The number of fused-ring (bicyclic) bond motifs is 2. The summed E-state index contributed by atoms with van der Waals surface area (Å²) in [4.78, 5) is 5.92. The molecule has 0 spiro atoms. The van der Waals surface area contributed by atoms with Crippen LogP contribution in [0.2, 0.25) is 0 Å². The van der Waals surface area contributed by atoms with Gasteiger partial charge in [0.05, 0.1) is 6.04 Å². The Morgan fingerprint density at radius 1 is 1.30 bits per heavy atom. The van der Waals surface area contributed by atoms with Crippen molar-refractivity contribution < 1.29 is 0 Å². The number of nitrogens with zero attached hydrogens (tertiary/aromatic N) is 2. The number of nitrogens with one attached hydrogen (secondary N) is 2. The number of aryl methyl sites for hydroxylation is 1. The minimum Gasteiger partial charge on any atom is -0.358 e. The number of hydrogen-bond donors (Lipinski definition) is 2. The van der Waals surface area contributed by atoms with E-state index >= 15 is 0 Å².